The number of nitrogens with two attached hydrogens (primary N) is 2. The number of rotatable bonds is 3. The molecule has 0 saturated heterocycles. The average molecular weight is 201 g/mol. The van der Waals surface area contributed by atoms with E-state index in [0.717, 1.165) is 24.1 Å². The van der Waals surface area contributed by atoms with Crippen molar-refractivity contribution in [3.63, 3.8) is 0 Å². The molecule has 0 aliphatic rings. The summed E-state index contributed by atoms with van der Waals surface area (Å²) in [5.74, 6) is 0. The van der Waals surface area contributed by atoms with E-state index in [0.29, 0.717) is 0 Å². The number of halogens is 1. The van der Waals surface area contributed by atoms with Gasteiger partial charge in [-0.3, -0.25) is 0 Å². The zero-order valence-electron chi connectivity index (χ0n) is 7.86. The highest BCUT2D eigenvalue weighted by Gasteiger charge is 2.02. The number of anilines is 1. The molecular weight excluding hydrogens is 184 g/mol. The van der Waals surface area contributed by atoms with Crippen LogP contribution in [0.25, 0.3) is 0 Å². The summed E-state index contributed by atoms with van der Waals surface area (Å²) in [6.07, 6.45) is 1.87. The predicted octanol–water partition coefficient (Wildman–Crippen LogP) is 1.97. The average Bonchev–Trinajstić information content (AvgIpc) is 2.09. The van der Waals surface area contributed by atoms with E-state index in [1.165, 1.54) is 0 Å². The van der Waals surface area contributed by atoms with Gasteiger partial charge < -0.3 is 11.5 Å². The van der Waals surface area contributed by atoms with Gasteiger partial charge in [0, 0.05) is 11.7 Å². The van der Waals surface area contributed by atoms with Crippen molar-refractivity contribution in [2.24, 2.45) is 5.73 Å². The van der Waals surface area contributed by atoms with Crippen LogP contribution in [-0.4, -0.2) is 6.04 Å². The van der Waals surface area contributed by atoms with E-state index >= 15 is 0 Å². The molecule has 0 fully saturated rings. The van der Waals surface area contributed by atoms with Crippen molar-refractivity contribution in [3.8, 4) is 0 Å². The molecule has 0 aliphatic heterocycles. The first kappa shape index (κ1) is 12.3. The van der Waals surface area contributed by atoms with Crippen molar-refractivity contribution in [1.29, 1.82) is 0 Å². The van der Waals surface area contributed by atoms with E-state index in [1.54, 1.807) is 0 Å². The Hall–Kier alpha value is -0.730. The summed E-state index contributed by atoms with van der Waals surface area (Å²) in [5.41, 5.74) is 13.6. The maximum Gasteiger partial charge on any atom is 0.0347 e. The first-order valence-electron chi connectivity index (χ1n) is 4.33. The second-order valence-electron chi connectivity index (χ2n) is 3.07. The summed E-state index contributed by atoms with van der Waals surface area (Å²) in [6, 6.07) is 8.11. The summed E-state index contributed by atoms with van der Waals surface area (Å²) in [7, 11) is 0. The van der Waals surface area contributed by atoms with Crippen molar-refractivity contribution in [3.05, 3.63) is 29.8 Å². The van der Waals surface area contributed by atoms with Crippen LogP contribution in [0.5, 0.6) is 0 Å². The number of benzene rings is 1. The maximum atomic E-state index is 5.82. The largest absolute Gasteiger partial charge is 0.399 e. The second-order valence-corrected chi connectivity index (χ2v) is 3.07. The highest BCUT2D eigenvalue weighted by Crippen LogP contribution is 2.12. The van der Waals surface area contributed by atoms with E-state index in [4.69, 9.17) is 11.5 Å². The monoisotopic (exact) mass is 200 g/mol. The van der Waals surface area contributed by atoms with Crippen LogP contribution in [0.2, 0.25) is 0 Å². The van der Waals surface area contributed by atoms with Crippen LogP contribution < -0.4 is 11.5 Å². The summed E-state index contributed by atoms with van der Waals surface area (Å²) < 4.78 is 0. The van der Waals surface area contributed by atoms with Crippen LogP contribution in [0, 0.1) is 0 Å². The predicted molar refractivity (Wildman–Crippen MR) is 60.1 cm³/mol. The maximum absolute atomic E-state index is 5.82. The van der Waals surface area contributed by atoms with Gasteiger partial charge in [-0.05, 0) is 24.5 Å². The third-order valence-electron chi connectivity index (χ3n) is 2.06. The third kappa shape index (κ3) is 3.66. The molecule has 0 aromatic heterocycles. The van der Waals surface area contributed by atoms with Crippen LogP contribution in [-0.2, 0) is 6.42 Å². The molecule has 0 amide bonds. The lowest BCUT2D eigenvalue weighted by Crippen LogP contribution is -2.21. The fraction of sp³-hybridized carbons (Fsp3) is 0.400. The molecule has 0 saturated carbocycles. The first-order valence-corrected chi connectivity index (χ1v) is 4.33. The van der Waals surface area contributed by atoms with Gasteiger partial charge in [-0.1, -0.05) is 25.1 Å². The van der Waals surface area contributed by atoms with Crippen molar-refractivity contribution in [1.82, 2.24) is 0 Å². The van der Waals surface area contributed by atoms with E-state index in [1.807, 2.05) is 24.3 Å². The van der Waals surface area contributed by atoms with Gasteiger partial charge in [-0.25, -0.2) is 0 Å². The molecule has 1 rings (SSSR count). The van der Waals surface area contributed by atoms with Gasteiger partial charge in [0.1, 0.15) is 0 Å². The van der Waals surface area contributed by atoms with Crippen LogP contribution in [0.15, 0.2) is 24.3 Å². The smallest absolute Gasteiger partial charge is 0.0347 e. The molecule has 0 heterocycles. The topological polar surface area (TPSA) is 52.0 Å². The van der Waals surface area contributed by atoms with E-state index < -0.39 is 0 Å². The molecule has 3 heteroatoms. The van der Waals surface area contributed by atoms with Crippen LogP contribution in [0.1, 0.15) is 18.9 Å². The van der Waals surface area contributed by atoms with Crippen molar-refractivity contribution in [2.75, 3.05) is 5.73 Å². The van der Waals surface area contributed by atoms with Gasteiger partial charge in [0.15, 0.2) is 0 Å². The van der Waals surface area contributed by atoms with Crippen LogP contribution in [0.4, 0.5) is 5.69 Å². The van der Waals surface area contributed by atoms with Gasteiger partial charge in [0.25, 0.3) is 0 Å². The standard InChI is InChI=1S/C10H16N2.ClH/c1-2-9(11)7-8-5-3-4-6-10(8)12;/h3-6,9H,2,7,11-12H2,1H3;1H. The van der Waals surface area contributed by atoms with Crippen LogP contribution in [0.3, 0.4) is 0 Å². The van der Waals surface area contributed by atoms with Crippen molar-refractivity contribution >= 4 is 18.1 Å². The Labute approximate surface area is 85.7 Å². The van der Waals surface area contributed by atoms with Crippen molar-refractivity contribution in [2.45, 2.75) is 25.8 Å². The normalized spacial score (nSPS) is 11.8. The quantitative estimate of drug-likeness (QED) is 0.734. The minimum Gasteiger partial charge on any atom is -0.399 e. The molecule has 1 atom stereocenters. The fourth-order valence-electron chi connectivity index (χ4n) is 1.15. The Morgan fingerprint density at radius 1 is 1.31 bits per heavy atom. The lowest BCUT2D eigenvalue weighted by atomic mass is 10.0. The zero-order valence-corrected chi connectivity index (χ0v) is 8.68. The van der Waals surface area contributed by atoms with Crippen molar-refractivity contribution < 1.29 is 0 Å². The molecule has 0 bridgehead atoms. The zero-order chi connectivity index (χ0) is 8.97. The minimum absolute atomic E-state index is 0. The number of hydrogen-bond donors (Lipinski definition) is 2. The summed E-state index contributed by atoms with van der Waals surface area (Å²) >= 11 is 0. The first-order chi connectivity index (χ1) is 5.74. The molecule has 1 aromatic carbocycles. The molecule has 74 valence electrons. The second kappa shape index (κ2) is 5.84. The SMILES string of the molecule is CCC(N)Cc1ccccc1N.Cl. The molecule has 0 aliphatic carbocycles. The van der Waals surface area contributed by atoms with E-state index in [9.17, 15) is 0 Å². The van der Waals surface area contributed by atoms with Gasteiger partial charge >= 0.3 is 0 Å². The molecule has 13 heavy (non-hydrogen) atoms. The van der Waals surface area contributed by atoms with Gasteiger partial charge in [-0.15, -0.1) is 12.4 Å². The lowest BCUT2D eigenvalue weighted by Gasteiger charge is -2.10. The Kier molecular flexibility index (Phi) is 5.51. The van der Waals surface area contributed by atoms with Crippen LogP contribution >= 0.6 is 12.4 Å². The number of nitrogen functional groups attached to an aromatic ring is 1. The Bertz CT molecular complexity index is 250. The molecule has 0 spiro atoms. The Morgan fingerprint density at radius 3 is 2.46 bits per heavy atom. The Morgan fingerprint density at radius 2 is 1.92 bits per heavy atom. The minimum atomic E-state index is 0. The molecule has 0 radical (unpaired) electrons. The summed E-state index contributed by atoms with van der Waals surface area (Å²) in [4.78, 5) is 0. The summed E-state index contributed by atoms with van der Waals surface area (Å²) in [5, 5.41) is 0. The lowest BCUT2D eigenvalue weighted by molar-refractivity contribution is 0.647. The van der Waals surface area contributed by atoms with Gasteiger partial charge in [0.05, 0.1) is 0 Å². The molecule has 2 nitrogen and oxygen atoms in total. The molecule has 4 N–H and O–H groups in total. The highest BCUT2D eigenvalue weighted by molar-refractivity contribution is 5.85. The number of hydrogen-bond acceptors (Lipinski definition) is 2. The van der Waals surface area contributed by atoms with Gasteiger partial charge in [0.2, 0.25) is 0 Å². The molecule has 1 unspecified atom stereocenters. The van der Waals surface area contributed by atoms with Gasteiger partial charge in [-0.2, -0.15) is 0 Å². The fourth-order valence-corrected chi connectivity index (χ4v) is 1.15. The van der Waals surface area contributed by atoms with E-state index in [-0.39, 0.29) is 18.4 Å². The highest BCUT2D eigenvalue weighted by atomic mass is 35.5. The third-order valence-corrected chi connectivity index (χ3v) is 2.06. The van der Waals surface area contributed by atoms with E-state index in [2.05, 4.69) is 6.92 Å². The summed E-state index contributed by atoms with van der Waals surface area (Å²) in [6.45, 7) is 2.09. The Balaban J connectivity index is 0.00000144. The number of para-hydroxylation sites is 1. The molecular formula is C10H17ClN2. The molecule has 1 aromatic rings.